The number of likely N-dealkylation sites (tertiary alicyclic amines) is 1. The van der Waals surface area contributed by atoms with Gasteiger partial charge in [-0.05, 0) is 17.7 Å². The van der Waals surface area contributed by atoms with Gasteiger partial charge in [0.2, 0.25) is 0 Å². The summed E-state index contributed by atoms with van der Waals surface area (Å²) >= 11 is 1.37. The molecule has 1 saturated heterocycles. The van der Waals surface area contributed by atoms with Gasteiger partial charge in [0.25, 0.3) is 5.91 Å². The quantitative estimate of drug-likeness (QED) is 0.786. The Balaban J connectivity index is 1.51. The van der Waals surface area contributed by atoms with Crippen molar-refractivity contribution in [2.24, 2.45) is 0 Å². The molecule has 0 aliphatic carbocycles. The lowest BCUT2D eigenvalue weighted by Gasteiger charge is -2.38. The Labute approximate surface area is 155 Å². The summed E-state index contributed by atoms with van der Waals surface area (Å²) in [7, 11) is 1.63. The molecular weight excluding hydrogens is 354 g/mol. The lowest BCUT2D eigenvalue weighted by Crippen LogP contribution is -2.54. The van der Waals surface area contributed by atoms with Crippen LogP contribution in [0.15, 0.2) is 23.7 Å². The molecule has 138 valence electrons. The van der Waals surface area contributed by atoms with Crippen LogP contribution in [-0.2, 0) is 0 Å². The van der Waals surface area contributed by atoms with E-state index in [4.69, 9.17) is 14.6 Å². The fourth-order valence-electron chi connectivity index (χ4n) is 3.42. The van der Waals surface area contributed by atoms with Crippen LogP contribution in [0.1, 0.15) is 26.8 Å². The van der Waals surface area contributed by atoms with E-state index in [1.54, 1.807) is 12.6 Å². The minimum absolute atomic E-state index is 0.0145. The molecule has 4 rings (SSSR count). The average molecular weight is 375 g/mol. The molecule has 1 amide bonds. The van der Waals surface area contributed by atoms with Crippen molar-refractivity contribution in [3.63, 3.8) is 0 Å². The first-order chi connectivity index (χ1) is 12.7. The van der Waals surface area contributed by atoms with Gasteiger partial charge < -0.3 is 19.9 Å². The second-order valence-electron chi connectivity index (χ2n) is 6.46. The number of β-amino-alcohol motifs (C(OH)–C–C–N with tert-alkyl or cyclic N) is 1. The van der Waals surface area contributed by atoms with Crippen molar-refractivity contribution in [3.05, 3.63) is 39.8 Å². The molecule has 0 saturated carbocycles. The number of ether oxygens (including phenoxy) is 2. The smallest absolute Gasteiger partial charge is 0.263 e. The lowest BCUT2D eigenvalue weighted by atomic mass is 9.92. The third-order valence-electron chi connectivity index (χ3n) is 4.82. The highest BCUT2D eigenvalue weighted by atomic mass is 32.1. The van der Waals surface area contributed by atoms with Gasteiger partial charge in [-0.15, -0.1) is 11.3 Å². The van der Waals surface area contributed by atoms with Crippen molar-refractivity contribution in [2.75, 3.05) is 39.9 Å². The molecule has 0 spiro atoms. The van der Waals surface area contributed by atoms with Crippen molar-refractivity contribution in [3.8, 4) is 11.5 Å². The fourth-order valence-corrected chi connectivity index (χ4v) is 4.19. The van der Waals surface area contributed by atoms with Crippen LogP contribution >= 0.6 is 11.3 Å². The van der Waals surface area contributed by atoms with Crippen LogP contribution in [-0.4, -0.2) is 66.9 Å². The van der Waals surface area contributed by atoms with Crippen LogP contribution in [0.2, 0.25) is 0 Å². The Hall–Kier alpha value is -2.16. The first-order valence-electron chi connectivity index (χ1n) is 8.59. The average Bonchev–Trinajstić information content (AvgIpc) is 3.11. The van der Waals surface area contributed by atoms with Gasteiger partial charge in [-0.1, -0.05) is 6.07 Å². The van der Waals surface area contributed by atoms with Crippen LogP contribution in [0.4, 0.5) is 0 Å². The number of methoxy groups -OCH3 is 1. The Morgan fingerprint density at radius 3 is 3.00 bits per heavy atom. The number of carbonyl (C=O) groups excluding carboxylic acids is 1. The topological polar surface area (TPSA) is 83.9 Å². The van der Waals surface area contributed by atoms with Gasteiger partial charge in [0.1, 0.15) is 11.0 Å². The number of aliphatic hydroxyl groups is 1. The zero-order valence-electron chi connectivity index (χ0n) is 14.5. The number of benzene rings is 1. The van der Waals surface area contributed by atoms with E-state index in [0.717, 1.165) is 24.3 Å². The van der Waals surface area contributed by atoms with Crippen LogP contribution < -0.4 is 14.8 Å². The van der Waals surface area contributed by atoms with Crippen LogP contribution in [0.5, 0.6) is 11.5 Å². The molecule has 26 heavy (non-hydrogen) atoms. The first kappa shape index (κ1) is 17.3. The summed E-state index contributed by atoms with van der Waals surface area (Å²) in [4.78, 5) is 19.1. The van der Waals surface area contributed by atoms with Crippen molar-refractivity contribution < 1.29 is 19.4 Å². The molecule has 0 radical (unpaired) electrons. The molecular formula is C18H21N3O4S. The second-order valence-corrected chi connectivity index (χ2v) is 7.32. The van der Waals surface area contributed by atoms with Gasteiger partial charge in [0.15, 0.2) is 11.5 Å². The number of aromatic nitrogens is 1. The highest BCUT2D eigenvalue weighted by Crippen LogP contribution is 2.36. The van der Waals surface area contributed by atoms with Gasteiger partial charge in [-0.2, -0.15) is 0 Å². The monoisotopic (exact) mass is 375 g/mol. The maximum absolute atomic E-state index is 11.9. The van der Waals surface area contributed by atoms with Gasteiger partial charge in [0, 0.05) is 32.1 Å². The number of aliphatic hydroxyl groups excluding tert-OH is 1. The summed E-state index contributed by atoms with van der Waals surface area (Å²) in [6, 6.07) is 5.89. The van der Waals surface area contributed by atoms with Crippen LogP contribution in [0.25, 0.3) is 0 Å². The van der Waals surface area contributed by atoms with Crippen LogP contribution in [0, 0.1) is 0 Å². The number of nitrogens with zero attached hydrogens (tertiary/aromatic N) is 2. The molecule has 1 aromatic carbocycles. The zero-order valence-corrected chi connectivity index (χ0v) is 15.3. The fraction of sp³-hybridized carbons (Fsp3) is 0.444. The van der Waals surface area contributed by atoms with E-state index in [1.165, 1.54) is 11.3 Å². The van der Waals surface area contributed by atoms with E-state index in [-0.39, 0.29) is 24.5 Å². The third kappa shape index (κ3) is 3.15. The maximum Gasteiger partial charge on any atom is 0.263 e. The molecule has 1 fully saturated rings. The lowest BCUT2D eigenvalue weighted by molar-refractivity contribution is 0.00934. The third-order valence-corrected chi connectivity index (χ3v) is 5.66. The number of hydrogen-bond acceptors (Lipinski definition) is 7. The summed E-state index contributed by atoms with van der Waals surface area (Å²) in [6.45, 7) is 2.99. The summed E-state index contributed by atoms with van der Waals surface area (Å²) in [5.41, 5.74) is 3.58. The Kier molecular flexibility index (Phi) is 4.80. The molecule has 2 aliphatic rings. The number of hydrogen-bond donors (Lipinski definition) is 2. The van der Waals surface area contributed by atoms with Crippen molar-refractivity contribution in [1.29, 1.82) is 0 Å². The highest BCUT2D eigenvalue weighted by Gasteiger charge is 2.31. The predicted octanol–water partition coefficient (Wildman–Crippen LogP) is 1.08. The first-order valence-corrected chi connectivity index (χ1v) is 9.47. The van der Waals surface area contributed by atoms with Crippen LogP contribution in [0.3, 0.4) is 0 Å². The van der Waals surface area contributed by atoms with Crippen molar-refractivity contribution in [2.45, 2.75) is 12.0 Å². The van der Waals surface area contributed by atoms with E-state index in [0.29, 0.717) is 29.5 Å². The largest absolute Gasteiger partial charge is 0.493 e. The van der Waals surface area contributed by atoms with E-state index in [1.807, 2.05) is 18.2 Å². The van der Waals surface area contributed by atoms with Crippen molar-refractivity contribution in [1.82, 2.24) is 15.2 Å². The van der Waals surface area contributed by atoms with E-state index < -0.39 is 0 Å². The van der Waals surface area contributed by atoms with Crippen molar-refractivity contribution >= 4 is 17.2 Å². The van der Waals surface area contributed by atoms with E-state index in [9.17, 15) is 4.79 Å². The minimum Gasteiger partial charge on any atom is -0.493 e. The standard InChI is InChI=1S/C18H21N3O4S/c1-24-15-6-11(13-7-19-18(23)17-16(13)20-10-26-17)2-3-14(15)25-12-8-21(9-12)4-5-22/h2-3,6,10,12-13,22H,4-5,7-9H2,1H3,(H,19,23). The second kappa shape index (κ2) is 7.22. The summed E-state index contributed by atoms with van der Waals surface area (Å²) in [6.07, 6.45) is 0.111. The molecule has 1 unspecified atom stereocenters. The number of rotatable bonds is 6. The molecule has 3 heterocycles. The predicted molar refractivity (Wildman–Crippen MR) is 97.2 cm³/mol. The molecule has 7 nitrogen and oxygen atoms in total. The number of nitrogens with one attached hydrogen (secondary N) is 1. The summed E-state index contributed by atoms with van der Waals surface area (Å²) in [5.74, 6) is 1.35. The SMILES string of the molecule is COc1cc(C2CNC(=O)c3scnc32)ccc1OC1CN(CCO)C1. The van der Waals surface area contributed by atoms with Gasteiger partial charge in [-0.3, -0.25) is 9.69 Å². The Bertz CT molecular complexity index is 803. The van der Waals surface area contributed by atoms with E-state index in [2.05, 4.69) is 15.2 Å². The van der Waals surface area contributed by atoms with Gasteiger partial charge >= 0.3 is 0 Å². The van der Waals surface area contributed by atoms with Gasteiger partial charge in [0.05, 0.1) is 24.9 Å². The molecule has 1 aromatic heterocycles. The summed E-state index contributed by atoms with van der Waals surface area (Å²) in [5, 5.41) is 11.9. The normalized spacial score (nSPS) is 20.2. The Morgan fingerprint density at radius 2 is 2.23 bits per heavy atom. The van der Waals surface area contributed by atoms with Gasteiger partial charge in [-0.25, -0.2) is 4.98 Å². The number of thiazole rings is 1. The Morgan fingerprint density at radius 1 is 1.38 bits per heavy atom. The maximum atomic E-state index is 11.9. The van der Waals surface area contributed by atoms with E-state index >= 15 is 0 Å². The molecule has 8 heteroatoms. The molecule has 0 bridgehead atoms. The minimum atomic E-state index is -0.0527. The number of amides is 1. The number of carbonyl (C=O) groups is 1. The summed E-state index contributed by atoms with van der Waals surface area (Å²) < 4.78 is 11.6. The zero-order chi connectivity index (χ0) is 18.1. The molecule has 1 atom stereocenters. The molecule has 2 aromatic rings. The number of fused-ring (bicyclic) bond motifs is 1. The highest BCUT2D eigenvalue weighted by molar-refractivity contribution is 7.11. The molecule has 2 aliphatic heterocycles. The molecule has 2 N–H and O–H groups in total.